The maximum Gasteiger partial charge on any atom is 0.272 e. The fraction of sp³-hybridized carbons (Fsp3) is 0.100. The van der Waals surface area contributed by atoms with Crippen LogP contribution in [-0.4, -0.2) is 23.9 Å². The first-order valence-corrected chi connectivity index (χ1v) is 9.05. The molecule has 0 fully saturated rings. The number of amides is 1. The van der Waals surface area contributed by atoms with E-state index in [0.29, 0.717) is 22.1 Å². The monoisotopic (exact) mass is 404 g/mol. The van der Waals surface area contributed by atoms with E-state index in [4.69, 9.17) is 4.74 Å². The second-order valence-electron chi connectivity index (χ2n) is 5.60. The zero-order chi connectivity index (χ0) is 20.1. The predicted molar refractivity (Wildman–Crippen MR) is 103 cm³/mol. The first-order chi connectivity index (χ1) is 13.5. The van der Waals surface area contributed by atoms with Gasteiger partial charge in [0.1, 0.15) is 18.2 Å². The van der Waals surface area contributed by atoms with Gasteiger partial charge in [-0.05, 0) is 54.6 Å². The Kier molecular flexibility index (Phi) is 6.10. The number of anilines is 2. The van der Waals surface area contributed by atoms with Gasteiger partial charge in [-0.1, -0.05) is 6.58 Å². The normalized spacial score (nSPS) is 10.7. The number of alkyl halides is 2. The molecule has 1 heterocycles. The summed E-state index contributed by atoms with van der Waals surface area (Å²) in [5.74, 6) is -0.487. The average molecular weight is 404 g/mol. The molecule has 3 aromatic rings. The summed E-state index contributed by atoms with van der Waals surface area (Å²) in [6.07, 6.45) is -1.42. The molecular formula is C20H15F3N2O2S. The standard InChI is InChI=1S/C20H15F3N2O2S/c1-2-19(26)25(15-7-9-16(10-8-15)27-11-18(22)23)20-24-17(12-28-20)13-3-5-14(21)6-4-13/h2-10,12,18H,1,11H2. The Labute approximate surface area is 163 Å². The second-order valence-corrected chi connectivity index (χ2v) is 6.43. The van der Waals surface area contributed by atoms with Gasteiger partial charge in [0.05, 0.1) is 11.4 Å². The highest BCUT2D eigenvalue weighted by molar-refractivity contribution is 7.14. The van der Waals surface area contributed by atoms with E-state index in [1.807, 2.05) is 0 Å². The van der Waals surface area contributed by atoms with Crippen molar-refractivity contribution in [2.24, 2.45) is 0 Å². The molecule has 0 saturated carbocycles. The molecule has 1 aromatic heterocycles. The van der Waals surface area contributed by atoms with Gasteiger partial charge >= 0.3 is 0 Å². The number of ether oxygens (including phenoxy) is 1. The highest BCUT2D eigenvalue weighted by Gasteiger charge is 2.20. The summed E-state index contributed by atoms with van der Waals surface area (Å²) in [5.41, 5.74) is 1.79. The SMILES string of the molecule is C=CC(=O)N(c1ccc(OCC(F)F)cc1)c1nc(-c2ccc(F)cc2)cs1. The molecule has 1 amide bonds. The van der Waals surface area contributed by atoms with Gasteiger partial charge in [-0.25, -0.2) is 18.2 Å². The number of carbonyl (C=O) groups excluding carboxylic acids is 1. The smallest absolute Gasteiger partial charge is 0.272 e. The summed E-state index contributed by atoms with van der Waals surface area (Å²) in [4.78, 5) is 18.2. The number of rotatable bonds is 7. The summed E-state index contributed by atoms with van der Waals surface area (Å²) in [6, 6.07) is 12.0. The lowest BCUT2D eigenvalue weighted by Gasteiger charge is -2.18. The van der Waals surface area contributed by atoms with E-state index in [-0.39, 0.29) is 11.6 Å². The quantitative estimate of drug-likeness (QED) is 0.492. The maximum atomic E-state index is 13.1. The number of thiazole rings is 1. The molecule has 0 aliphatic carbocycles. The van der Waals surface area contributed by atoms with Crippen LogP contribution in [0, 0.1) is 5.82 Å². The third-order valence-corrected chi connectivity index (χ3v) is 4.52. The Hall–Kier alpha value is -3.13. The zero-order valence-electron chi connectivity index (χ0n) is 14.5. The van der Waals surface area contributed by atoms with Gasteiger partial charge in [0.2, 0.25) is 0 Å². The summed E-state index contributed by atoms with van der Waals surface area (Å²) in [7, 11) is 0. The van der Waals surface area contributed by atoms with Crippen molar-refractivity contribution in [2.75, 3.05) is 11.5 Å². The van der Waals surface area contributed by atoms with E-state index in [1.54, 1.807) is 29.6 Å². The molecular weight excluding hydrogens is 389 g/mol. The zero-order valence-corrected chi connectivity index (χ0v) is 15.3. The van der Waals surface area contributed by atoms with Crippen LogP contribution in [0.25, 0.3) is 11.3 Å². The van der Waals surface area contributed by atoms with E-state index < -0.39 is 18.9 Å². The number of benzene rings is 2. The minimum Gasteiger partial charge on any atom is -0.488 e. The van der Waals surface area contributed by atoms with Gasteiger partial charge in [0.15, 0.2) is 5.13 Å². The molecule has 8 heteroatoms. The molecule has 0 atom stereocenters. The Morgan fingerprint density at radius 1 is 1.18 bits per heavy atom. The minimum atomic E-state index is -2.57. The molecule has 0 aliphatic rings. The third kappa shape index (κ3) is 4.58. The number of carbonyl (C=O) groups is 1. The lowest BCUT2D eigenvalue weighted by molar-refractivity contribution is -0.113. The Morgan fingerprint density at radius 2 is 1.86 bits per heavy atom. The molecule has 0 bridgehead atoms. The van der Waals surface area contributed by atoms with Crippen LogP contribution < -0.4 is 9.64 Å². The van der Waals surface area contributed by atoms with Crippen LogP contribution in [-0.2, 0) is 4.79 Å². The topological polar surface area (TPSA) is 42.4 Å². The molecule has 0 saturated heterocycles. The van der Waals surface area contributed by atoms with Gasteiger partial charge in [0.25, 0.3) is 12.3 Å². The van der Waals surface area contributed by atoms with Crippen molar-refractivity contribution in [1.29, 1.82) is 0 Å². The Morgan fingerprint density at radius 3 is 2.46 bits per heavy atom. The molecule has 0 unspecified atom stereocenters. The summed E-state index contributed by atoms with van der Waals surface area (Å²) in [6.45, 7) is 2.80. The van der Waals surface area contributed by atoms with Crippen LogP contribution in [0.5, 0.6) is 5.75 Å². The molecule has 0 spiro atoms. The lowest BCUT2D eigenvalue weighted by Crippen LogP contribution is -2.23. The van der Waals surface area contributed by atoms with Crippen LogP contribution in [0.2, 0.25) is 0 Å². The summed E-state index contributed by atoms with van der Waals surface area (Å²) in [5, 5.41) is 2.15. The molecule has 0 N–H and O–H groups in total. The van der Waals surface area contributed by atoms with Crippen LogP contribution in [0.4, 0.5) is 24.0 Å². The van der Waals surface area contributed by atoms with Crippen molar-refractivity contribution in [3.63, 3.8) is 0 Å². The number of nitrogens with zero attached hydrogens (tertiary/aromatic N) is 2. The van der Waals surface area contributed by atoms with Crippen molar-refractivity contribution >= 4 is 28.1 Å². The Balaban J connectivity index is 1.88. The van der Waals surface area contributed by atoms with Gasteiger partial charge < -0.3 is 4.74 Å². The van der Waals surface area contributed by atoms with Gasteiger partial charge in [-0.3, -0.25) is 9.69 Å². The van der Waals surface area contributed by atoms with Gasteiger partial charge in [-0.2, -0.15) is 0 Å². The van der Waals surface area contributed by atoms with E-state index in [2.05, 4.69) is 11.6 Å². The van der Waals surface area contributed by atoms with E-state index >= 15 is 0 Å². The first-order valence-electron chi connectivity index (χ1n) is 8.17. The maximum absolute atomic E-state index is 13.1. The van der Waals surface area contributed by atoms with Crippen LogP contribution in [0.1, 0.15) is 0 Å². The highest BCUT2D eigenvalue weighted by atomic mass is 32.1. The largest absolute Gasteiger partial charge is 0.488 e. The summed E-state index contributed by atoms with van der Waals surface area (Å²) < 4.78 is 42.6. The number of halogens is 3. The molecule has 0 radical (unpaired) electrons. The number of aromatic nitrogens is 1. The number of hydrogen-bond acceptors (Lipinski definition) is 4. The van der Waals surface area contributed by atoms with Crippen LogP contribution in [0.15, 0.2) is 66.6 Å². The van der Waals surface area contributed by atoms with E-state index in [0.717, 1.165) is 6.08 Å². The minimum absolute atomic E-state index is 0.265. The molecule has 3 rings (SSSR count). The number of hydrogen-bond donors (Lipinski definition) is 0. The van der Waals surface area contributed by atoms with Gasteiger partial charge in [-0.15, -0.1) is 11.3 Å². The fourth-order valence-electron chi connectivity index (χ4n) is 2.39. The van der Waals surface area contributed by atoms with Crippen LogP contribution >= 0.6 is 11.3 Å². The van der Waals surface area contributed by atoms with Crippen molar-refractivity contribution in [3.8, 4) is 17.0 Å². The Bertz CT molecular complexity index is 956. The fourth-order valence-corrected chi connectivity index (χ4v) is 3.25. The van der Waals surface area contributed by atoms with E-state index in [9.17, 15) is 18.0 Å². The third-order valence-electron chi connectivity index (χ3n) is 3.69. The van der Waals surface area contributed by atoms with Gasteiger partial charge in [0, 0.05) is 10.9 Å². The molecule has 0 aliphatic heterocycles. The second kappa shape index (κ2) is 8.71. The average Bonchev–Trinajstić information content (AvgIpc) is 3.17. The summed E-state index contributed by atoms with van der Waals surface area (Å²) >= 11 is 1.24. The van der Waals surface area contributed by atoms with Crippen molar-refractivity contribution < 1.29 is 22.7 Å². The van der Waals surface area contributed by atoms with Crippen molar-refractivity contribution in [1.82, 2.24) is 4.98 Å². The molecule has 28 heavy (non-hydrogen) atoms. The highest BCUT2D eigenvalue weighted by Crippen LogP contribution is 2.33. The van der Waals surface area contributed by atoms with Crippen molar-refractivity contribution in [2.45, 2.75) is 6.43 Å². The predicted octanol–water partition coefficient (Wildman–Crippen LogP) is 5.44. The molecule has 2 aromatic carbocycles. The van der Waals surface area contributed by atoms with Crippen LogP contribution in [0.3, 0.4) is 0 Å². The lowest BCUT2D eigenvalue weighted by atomic mass is 10.2. The molecule has 144 valence electrons. The van der Waals surface area contributed by atoms with E-state index in [1.165, 1.54) is 40.5 Å². The first kappa shape index (κ1) is 19.6. The molecule has 4 nitrogen and oxygen atoms in total. The van der Waals surface area contributed by atoms with Crippen molar-refractivity contribution in [3.05, 3.63) is 72.4 Å².